The van der Waals surface area contributed by atoms with Crippen LogP contribution in [0, 0.1) is 11.3 Å². The average molecular weight is 260 g/mol. The second kappa shape index (κ2) is 3.84. The lowest BCUT2D eigenvalue weighted by Crippen LogP contribution is -2.36. The second-order valence-electron chi connectivity index (χ2n) is 4.89. The molecule has 2 aliphatic carbocycles. The number of halogens is 1. The molecule has 80 valence electrons. The van der Waals surface area contributed by atoms with Crippen LogP contribution in [0.5, 0.6) is 0 Å². The fraction of sp³-hybridized carbons (Fsp3) is 0.909. The second-order valence-corrected chi connectivity index (χ2v) is 5.54. The highest BCUT2D eigenvalue weighted by molar-refractivity contribution is 9.09. The molecule has 14 heavy (non-hydrogen) atoms. The Morgan fingerprint density at radius 2 is 2.14 bits per heavy atom. The Morgan fingerprint density at radius 3 is 2.57 bits per heavy atom. The smallest absolute Gasteiger partial charge is 0.217 e. The highest BCUT2D eigenvalue weighted by Crippen LogP contribution is 2.61. The van der Waals surface area contributed by atoms with Gasteiger partial charge < -0.3 is 5.32 Å². The molecule has 0 radical (unpaired) electrons. The molecule has 2 rings (SSSR count). The van der Waals surface area contributed by atoms with E-state index >= 15 is 0 Å². The predicted octanol–water partition coefficient (Wildman–Crippen LogP) is 2.47. The van der Waals surface area contributed by atoms with E-state index in [9.17, 15) is 4.79 Å². The summed E-state index contributed by atoms with van der Waals surface area (Å²) in [5.41, 5.74) is 0.665. The Morgan fingerprint density at radius 1 is 1.50 bits per heavy atom. The summed E-state index contributed by atoms with van der Waals surface area (Å²) in [7, 11) is 0. The van der Waals surface area contributed by atoms with E-state index in [1.54, 1.807) is 6.92 Å². The van der Waals surface area contributed by atoms with Gasteiger partial charge in [-0.05, 0) is 43.4 Å². The Bertz CT molecular complexity index is 233. The van der Waals surface area contributed by atoms with Gasteiger partial charge in [0.15, 0.2) is 0 Å². The summed E-state index contributed by atoms with van der Waals surface area (Å²) in [5, 5.41) is 4.19. The van der Waals surface area contributed by atoms with Crippen LogP contribution in [0.3, 0.4) is 0 Å². The Kier molecular flexibility index (Phi) is 2.87. The largest absolute Gasteiger partial charge is 0.354 e. The van der Waals surface area contributed by atoms with Crippen LogP contribution in [0.4, 0.5) is 0 Å². The third-order valence-corrected chi connectivity index (χ3v) is 4.72. The molecule has 0 saturated heterocycles. The van der Waals surface area contributed by atoms with Crippen LogP contribution >= 0.6 is 15.9 Å². The topological polar surface area (TPSA) is 29.1 Å². The van der Waals surface area contributed by atoms with Crippen molar-refractivity contribution >= 4 is 21.8 Å². The van der Waals surface area contributed by atoms with E-state index in [1.807, 2.05) is 0 Å². The van der Waals surface area contributed by atoms with Gasteiger partial charge in [-0.15, -0.1) is 0 Å². The van der Waals surface area contributed by atoms with Gasteiger partial charge in [0.2, 0.25) is 5.91 Å². The van der Waals surface area contributed by atoms with Gasteiger partial charge >= 0.3 is 0 Å². The number of amides is 1. The number of hydrogen-bond acceptors (Lipinski definition) is 1. The molecular weight excluding hydrogens is 242 g/mol. The molecule has 0 aliphatic heterocycles. The standard InChI is InChI=1S/C11H18BrNO/c1-8(14)13-10-2-4-11(5-3-10)6-9(11)7-12/h9-10H,2-7H2,1H3,(H,13,14). The Labute approximate surface area is 94.0 Å². The maximum absolute atomic E-state index is 10.9. The first kappa shape index (κ1) is 10.5. The highest BCUT2D eigenvalue weighted by Gasteiger charge is 2.53. The summed E-state index contributed by atoms with van der Waals surface area (Å²) in [6, 6.07) is 0.453. The average Bonchev–Trinajstić information content (AvgIpc) is 2.83. The first-order valence-corrected chi connectivity index (χ1v) is 6.61. The molecule has 0 aromatic heterocycles. The van der Waals surface area contributed by atoms with Gasteiger partial charge in [0.05, 0.1) is 0 Å². The molecule has 1 amide bonds. The van der Waals surface area contributed by atoms with E-state index in [0.29, 0.717) is 11.5 Å². The minimum absolute atomic E-state index is 0.124. The lowest BCUT2D eigenvalue weighted by atomic mass is 9.82. The zero-order valence-electron chi connectivity index (χ0n) is 8.68. The van der Waals surface area contributed by atoms with Crippen LogP contribution in [-0.2, 0) is 4.79 Å². The maximum atomic E-state index is 10.9. The van der Waals surface area contributed by atoms with Gasteiger partial charge in [-0.3, -0.25) is 4.79 Å². The number of hydrogen-bond donors (Lipinski definition) is 1. The molecular formula is C11H18BrNO. The van der Waals surface area contributed by atoms with Crippen molar-refractivity contribution in [2.45, 2.75) is 45.1 Å². The van der Waals surface area contributed by atoms with Crippen LogP contribution in [0.1, 0.15) is 39.0 Å². The number of carbonyl (C=O) groups is 1. The van der Waals surface area contributed by atoms with Gasteiger partial charge in [-0.1, -0.05) is 15.9 Å². The molecule has 1 spiro atoms. The van der Waals surface area contributed by atoms with Crippen molar-refractivity contribution in [1.82, 2.24) is 5.32 Å². The van der Waals surface area contributed by atoms with Gasteiger partial charge in [-0.2, -0.15) is 0 Å². The third-order valence-electron chi connectivity index (χ3n) is 3.93. The predicted molar refractivity (Wildman–Crippen MR) is 60.4 cm³/mol. The molecule has 2 aliphatic rings. The molecule has 1 unspecified atom stereocenters. The van der Waals surface area contributed by atoms with Crippen molar-refractivity contribution in [2.24, 2.45) is 11.3 Å². The first-order valence-electron chi connectivity index (χ1n) is 5.49. The number of nitrogens with one attached hydrogen (secondary N) is 1. The van der Waals surface area contributed by atoms with Gasteiger partial charge in [-0.25, -0.2) is 0 Å². The SMILES string of the molecule is CC(=O)NC1CCC2(CC1)CC2CBr. The highest BCUT2D eigenvalue weighted by atomic mass is 79.9. The van der Waals surface area contributed by atoms with Crippen LogP contribution in [0.25, 0.3) is 0 Å². The summed E-state index contributed by atoms with van der Waals surface area (Å²) in [6.07, 6.45) is 6.40. The van der Waals surface area contributed by atoms with Gasteiger partial charge in [0, 0.05) is 18.3 Å². The first-order chi connectivity index (χ1) is 6.66. The quantitative estimate of drug-likeness (QED) is 0.759. The summed E-state index contributed by atoms with van der Waals surface area (Å²) in [4.78, 5) is 10.9. The van der Waals surface area contributed by atoms with Crippen molar-refractivity contribution in [3.05, 3.63) is 0 Å². The zero-order valence-corrected chi connectivity index (χ0v) is 10.3. The Balaban J connectivity index is 1.79. The van der Waals surface area contributed by atoms with E-state index in [0.717, 1.165) is 11.2 Å². The van der Waals surface area contributed by atoms with E-state index in [-0.39, 0.29) is 5.91 Å². The van der Waals surface area contributed by atoms with Crippen LogP contribution in [0.2, 0.25) is 0 Å². The molecule has 2 nitrogen and oxygen atoms in total. The molecule has 2 saturated carbocycles. The molecule has 2 fully saturated rings. The van der Waals surface area contributed by atoms with Crippen molar-refractivity contribution in [3.8, 4) is 0 Å². The molecule has 0 heterocycles. The van der Waals surface area contributed by atoms with Crippen LogP contribution in [-0.4, -0.2) is 17.3 Å². The van der Waals surface area contributed by atoms with Crippen molar-refractivity contribution in [1.29, 1.82) is 0 Å². The van der Waals surface area contributed by atoms with Crippen LogP contribution in [0.15, 0.2) is 0 Å². The van der Waals surface area contributed by atoms with Crippen molar-refractivity contribution in [2.75, 3.05) is 5.33 Å². The number of carbonyl (C=O) groups excluding carboxylic acids is 1. The van der Waals surface area contributed by atoms with Crippen LogP contribution < -0.4 is 5.32 Å². The minimum Gasteiger partial charge on any atom is -0.354 e. The zero-order chi connectivity index (χ0) is 10.2. The molecule has 3 heteroatoms. The normalized spacial score (nSPS) is 41.0. The lowest BCUT2D eigenvalue weighted by molar-refractivity contribution is -0.119. The van der Waals surface area contributed by atoms with Gasteiger partial charge in [0.25, 0.3) is 0 Å². The van der Waals surface area contributed by atoms with Gasteiger partial charge in [0.1, 0.15) is 0 Å². The summed E-state index contributed by atoms with van der Waals surface area (Å²) in [5.74, 6) is 1.04. The molecule has 0 aromatic carbocycles. The summed E-state index contributed by atoms with van der Waals surface area (Å²) >= 11 is 3.57. The van der Waals surface area contributed by atoms with E-state index in [2.05, 4.69) is 21.2 Å². The molecule has 1 atom stereocenters. The molecule has 1 N–H and O–H groups in total. The monoisotopic (exact) mass is 259 g/mol. The fourth-order valence-corrected chi connectivity index (χ4v) is 3.80. The van der Waals surface area contributed by atoms with Crippen molar-refractivity contribution < 1.29 is 4.79 Å². The minimum atomic E-state index is 0.124. The maximum Gasteiger partial charge on any atom is 0.217 e. The number of alkyl halides is 1. The number of rotatable bonds is 2. The van der Waals surface area contributed by atoms with E-state index in [1.165, 1.54) is 32.1 Å². The Hall–Kier alpha value is -0.0500. The third kappa shape index (κ3) is 1.97. The van der Waals surface area contributed by atoms with E-state index < -0.39 is 0 Å². The summed E-state index contributed by atoms with van der Waals surface area (Å²) < 4.78 is 0. The fourth-order valence-electron chi connectivity index (χ4n) is 2.89. The summed E-state index contributed by atoms with van der Waals surface area (Å²) in [6.45, 7) is 1.61. The molecule has 0 aromatic rings. The lowest BCUT2D eigenvalue weighted by Gasteiger charge is -2.29. The van der Waals surface area contributed by atoms with E-state index in [4.69, 9.17) is 0 Å². The molecule has 0 bridgehead atoms. The van der Waals surface area contributed by atoms with Crippen molar-refractivity contribution in [3.63, 3.8) is 0 Å².